The average molecular weight is 464 g/mol. The molecule has 1 unspecified atom stereocenters. The van der Waals surface area contributed by atoms with E-state index in [0.717, 1.165) is 56.3 Å². The van der Waals surface area contributed by atoms with Gasteiger partial charge in [0.15, 0.2) is 11.2 Å². The Labute approximate surface area is 201 Å². The van der Waals surface area contributed by atoms with Crippen LogP contribution in [0.5, 0.6) is 0 Å². The topological polar surface area (TPSA) is 94.0 Å². The van der Waals surface area contributed by atoms with Gasteiger partial charge in [0.25, 0.3) is 5.56 Å². The van der Waals surface area contributed by atoms with Gasteiger partial charge < -0.3 is 16.0 Å². The zero-order chi connectivity index (χ0) is 23.5. The molecule has 3 N–H and O–H groups in total. The molecule has 2 fully saturated rings. The van der Waals surface area contributed by atoms with Crippen LogP contribution in [-0.2, 0) is 13.6 Å². The second-order valence-corrected chi connectivity index (χ2v) is 10.0. The van der Waals surface area contributed by atoms with Crippen molar-refractivity contribution in [1.82, 2.24) is 19.1 Å². The molecule has 8 nitrogen and oxygen atoms in total. The summed E-state index contributed by atoms with van der Waals surface area (Å²) in [4.78, 5) is 25.5. The van der Waals surface area contributed by atoms with Crippen LogP contribution in [0.25, 0.3) is 11.2 Å². The van der Waals surface area contributed by atoms with E-state index in [1.54, 1.807) is 11.6 Å². The number of anilines is 2. The SMILES string of the molecule is Cn1c(NCCC2CCCCC2)nc2nc(N3CCCC(N)C3)n(Cc3ccccc3)c2c1=O. The Hall–Kier alpha value is -2.87. The number of nitrogens with zero attached hydrogens (tertiary/aromatic N) is 5. The predicted molar refractivity (Wildman–Crippen MR) is 137 cm³/mol. The summed E-state index contributed by atoms with van der Waals surface area (Å²) < 4.78 is 3.67. The highest BCUT2D eigenvalue weighted by Crippen LogP contribution is 2.27. The van der Waals surface area contributed by atoms with E-state index in [2.05, 4.69) is 22.3 Å². The van der Waals surface area contributed by atoms with Crippen molar-refractivity contribution >= 4 is 23.1 Å². The van der Waals surface area contributed by atoms with Crippen molar-refractivity contribution in [2.75, 3.05) is 29.9 Å². The number of fused-ring (bicyclic) bond motifs is 1. The normalized spacial score (nSPS) is 19.6. The molecule has 0 bridgehead atoms. The number of imidazole rings is 1. The van der Waals surface area contributed by atoms with Crippen LogP contribution in [0.2, 0.25) is 0 Å². The number of hydrogen-bond acceptors (Lipinski definition) is 6. The van der Waals surface area contributed by atoms with Crippen LogP contribution in [0.4, 0.5) is 11.9 Å². The summed E-state index contributed by atoms with van der Waals surface area (Å²) in [6, 6.07) is 10.3. The van der Waals surface area contributed by atoms with E-state index < -0.39 is 0 Å². The standard InChI is InChI=1S/C26H37N7O/c1-31-24(34)22-23(29-25(31)28-15-14-19-9-4-2-5-10-19)30-26(32-16-8-13-21(27)18-32)33(22)17-20-11-6-3-7-12-20/h3,6-7,11-12,19,21H,2,4-5,8-10,13-18,27H2,1H3,(H,28,29). The maximum absolute atomic E-state index is 13.6. The van der Waals surface area contributed by atoms with Gasteiger partial charge in [0.05, 0.1) is 6.54 Å². The predicted octanol–water partition coefficient (Wildman–Crippen LogP) is 3.49. The Morgan fingerprint density at radius 2 is 1.85 bits per heavy atom. The molecular formula is C26H37N7O. The third-order valence-corrected chi connectivity index (χ3v) is 7.45. The third kappa shape index (κ3) is 4.82. The summed E-state index contributed by atoms with van der Waals surface area (Å²) in [5, 5.41) is 3.43. The lowest BCUT2D eigenvalue weighted by atomic mass is 9.87. The molecule has 8 heteroatoms. The maximum atomic E-state index is 13.6. The lowest BCUT2D eigenvalue weighted by molar-refractivity contribution is 0.345. The summed E-state index contributed by atoms with van der Waals surface area (Å²) in [6.07, 6.45) is 9.85. The molecule has 1 aromatic carbocycles. The molecule has 0 spiro atoms. The number of aromatic nitrogens is 4. The lowest BCUT2D eigenvalue weighted by Gasteiger charge is -2.31. The molecular weight excluding hydrogens is 426 g/mol. The van der Waals surface area contributed by atoms with Crippen LogP contribution in [-0.4, -0.2) is 44.8 Å². The van der Waals surface area contributed by atoms with Gasteiger partial charge in [0.1, 0.15) is 0 Å². The molecule has 0 radical (unpaired) electrons. The Balaban J connectivity index is 1.48. The quantitative estimate of drug-likeness (QED) is 0.557. The first kappa shape index (κ1) is 22.9. The fourth-order valence-corrected chi connectivity index (χ4v) is 5.52. The van der Waals surface area contributed by atoms with Crippen molar-refractivity contribution in [1.29, 1.82) is 0 Å². The fraction of sp³-hybridized carbons (Fsp3) is 0.577. The maximum Gasteiger partial charge on any atom is 0.281 e. The van der Waals surface area contributed by atoms with Crippen LogP contribution < -0.4 is 21.5 Å². The Morgan fingerprint density at radius 1 is 1.06 bits per heavy atom. The number of benzene rings is 1. The van der Waals surface area contributed by atoms with E-state index in [1.807, 2.05) is 22.8 Å². The summed E-state index contributed by atoms with van der Waals surface area (Å²) in [7, 11) is 1.80. The zero-order valence-electron chi connectivity index (χ0n) is 20.2. The number of nitrogens with one attached hydrogen (secondary N) is 1. The first-order chi connectivity index (χ1) is 16.6. The van der Waals surface area contributed by atoms with Crippen molar-refractivity contribution in [3.8, 4) is 0 Å². The van der Waals surface area contributed by atoms with Crippen molar-refractivity contribution in [3.05, 3.63) is 46.2 Å². The molecule has 1 saturated carbocycles. The first-order valence-electron chi connectivity index (χ1n) is 12.9. The Kier molecular flexibility index (Phi) is 6.85. The second-order valence-electron chi connectivity index (χ2n) is 10.0. The van der Waals surface area contributed by atoms with Crippen molar-refractivity contribution in [2.24, 2.45) is 18.7 Å². The minimum absolute atomic E-state index is 0.0684. The summed E-state index contributed by atoms with van der Waals surface area (Å²) in [6.45, 7) is 3.03. The molecule has 5 rings (SSSR count). The zero-order valence-corrected chi connectivity index (χ0v) is 20.2. The molecule has 1 aliphatic carbocycles. The summed E-state index contributed by atoms with van der Waals surface area (Å²) in [5.41, 5.74) is 8.40. The molecule has 34 heavy (non-hydrogen) atoms. The van der Waals surface area contributed by atoms with E-state index in [1.165, 1.54) is 32.1 Å². The smallest absolute Gasteiger partial charge is 0.281 e. The lowest BCUT2D eigenvalue weighted by Crippen LogP contribution is -2.44. The monoisotopic (exact) mass is 463 g/mol. The molecule has 3 heterocycles. The largest absolute Gasteiger partial charge is 0.356 e. The van der Waals surface area contributed by atoms with Gasteiger partial charge in [-0.2, -0.15) is 9.97 Å². The van der Waals surface area contributed by atoms with Crippen LogP contribution in [0.15, 0.2) is 35.1 Å². The van der Waals surface area contributed by atoms with E-state index >= 15 is 0 Å². The molecule has 182 valence electrons. The van der Waals surface area contributed by atoms with Crippen molar-refractivity contribution in [2.45, 2.75) is 64.0 Å². The van der Waals surface area contributed by atoms with Crippen molar-refractivity contribution in [3.63, 3.8) is 0 Å². The number of nitrogens with two attached hydrogens (primary N) is 1. The van der Waals surface area contributed by atoms with Gasteiger partial charge in [-0.1, -0.05) is 62.4 Å². The Bertz CT molecular complexity index is 1160. The van der Waals surface area contributed by atoms with Gasteiger partial charge in [-0.3, -0.25) is 13.9 Å². The van der Waals surface area contributed by atoms with Crippen LogP contribution in [0.1, 0.15) is 56.9 Å². The van der Waals surface area contributed by atoms with Gasteiger partial charge in [-0.15, -0.1) is 0 Å². The third-order valence-electron chi connectivity index (χ3n) is 7.45. The van der Waals surface area contributed by atoms with Gasteiger partial charge >= 0.3 is 0 Å². The highest BCUT2D eigenvalue weighted by atomic mass is 16.1. The number of rotatable bonds is 7. The molecule has 1 atom stereocenters. The van der Waals surface area contributed by atoms with E-state index in [0.29, 0.717) is 23.7 Å². The minimum Gasteiger partial charge on any atom is -0.356 e. The average Bonchev–Trinajstić information content (AvgIpc) is 3.21. The van der Waals surface area contributed by atoms with E-state index in [-0.39, 0.29) is 11.6 Å². The van der Waals surface area contributed by atoms with Crippen molar-refractivity contribution < 1.29 is 0 Å². The molecule has 0 amide bonds. The highest BCUT2D eigenvalue weighted by molar-refractivity contribution is 5.75. The molecule has 2 aliphatic rings. The number of piperidine rings is 1. The highest BCUT2D eigenvalue weighted by Gasteiger charge is 2.25. The number of hydrogen-bond donors (Lipinski definition) is 2. The molecule has 3 aromatic rings. The van der Waals surface area contributed by atoms with Gasteiger partial charge in [0, 0.05) is 32.7 Å². The molecule has 1 aliphatic heterocycles. The van der Waals surface area contributed by atoms with Gasteiger partial charge in [0.2, 0.25) is 11.9 Å². The summed E-state index contributed by atoms with van der Waals surface area (Å²) >= 11 is 0. The van der Waals surface area contributed by atoms with Gasteiger partial charge in [-0.25, -0.2) is 0 Å². The van der Waals surface area contributed by atoms with Crippen LogP contribution in [0.3, 0.4) is 0 Å². The molecule has 2 aromatic heterocycles. The van der Waals surface area contributed by atoms with E-state index in [9.17, 15) is 4.79 Å². The Morgan fingerprint density at radius 3 is 2.62 bits per heavy atom. The second kappa shape index (κ2) is 10.2. The van der Waals surface area contributed by atoms with Gasteiger partial charge in [-0.05, 0) is 30.7 Å². The minimum atomic E-state index is -0.0684. The van der Waals surface area contributed by atoms with E-state index in [4.69, 9.17) is 15.7 Å². The van der Waals surface area contributed by atoms with Crippen LogP contribution in [0, 0.1) is 5.92 Å². The first-order valence-corrected chi connectivity index (χ1v) is 12.9. The molecule has 1 saturated heterocycles. The summed E-state index contributed by atoms with van der Waals surface area (Å²) in [5.74, 6) is 2.17. The van der Waals surface area contributed by atoms with Crippen LogP contribution >= 0.6 is 0 Å². The fourth-order valence-electron chi connectivity index (χ4n) is 5.52.